The van der Waals surface area contributed by atoms with Crippen LogP contribution >= 0.6 is 0 Å². The minimum Gasteiger partial charge on any atom is -0.476 e. The van der Waals surface area contributed by atoms with E-state index in [-0.39, 0.29) is 16.9 Å². The van der Waals surface area contributed by atoms with E-state index in [1.54, 1.807) is 4.72 Å². The number of sulfonamides is 1. The number of carbonyl (C=O) groups is 2. The Balaban J connectivity index is 1.79. The van der Waals surface area contributed by atoms with Crippen LogP contribution in [-0.2, 0) is 34.7 Å². The van der Waals surface area contributed by atoms with E-state index in [2.05, 4.69) is 19.5 Å². The molecule has 1 aromatic heterocycles. The fraction of sp³-hybridized carbons (Fsp3) is 0.105. The first-order chi connectivity index (χ1) is 18.5. The third-order valence-electron chi connectivity index (χ3n) is 4.70. The van der Waals surface area contributed by atoms with Crippen molar-refractivity contribution < 1.29 is 53.2 Å². The molecular formula is C19H17N5O13S3. The first-order valence-corrected chi connectivity index (χ1v) is 14.8. The van der Waals surface area contributed by atoms with Crippen molar-refractivity contribution in [3.63, 3.8) is 0 Å². The van der Waals surface area contributed by atoms with E-state index in [9.17, 15) is 44.7 Å². The molecule has 5 N–H and O–H groups in total. The van der Waals surface area contributed by atoms with Gasteiger partial charge in [0, 0.05) is 5.56 Å². The number of rotatable bonds is 11. The van der Waals surface area contributed by atoms with E-state index in [0.29, 0.717) is 0 Å². The second kappa shape index (κ2) is 11.4. The molecule has 0 bridgehead atoms. The number of carboxylic acids is 1. The smallest absolute Gasteiger partial charge is 0.397 e. The highest BCUT2D eigenvalue weighted by atomic mass is 32.3. The van der Waals surface area contributed by atoms with Crippen LogP contribution in [-0.4, -0.2) is 73.5 Å². The van der Waals surface area contributed by atoms with Crippen molar-refractivity contribution >= 4 is 53.8 Å². The molecular weight excluding hydrogens is 602 g/mol. The predicted molar refractivity (Wildman–Crippen MR) is 133 cm³/mol. The van der Waals surface area contributed by atoms with Gasteiger partial charge in [0.25, 0.3) is 21.6 Å². The Bertz CT molecular complexity index is 1860. The second-order valence-electron chi connectivity index (χ2n) is 7.50. The lowest BCUT2D eigenvalue weighted by atomic mass is 10.2. The number of nitrogens with one attached hydrogen (secondary N) is 2. The predicted octanol–water partition coefficient (Wildman–Crippen LogP) is 0.405. The number of carboxylic acid groups (broad SMARTS) is 1. The minimum absolute atomic E-state index is 0.0104. The van der Waals surface area contributed by atoms with Crippen molar-refractivity contribution in [3.05, 3.63) is 70.1 Å². The van der Waals surface area contributed by atoms with Gasteiger partial charge in [0.15, 0.2) is 11.4 Å². The zero-order valence-electron chi connectivity index (χ0n) is 19.5. The first kappa shape index (κ1) is 30.3. The van der Waals surface area contributed by atoms with Gasteiger partial charge in [-0.1, -0.05) is 0 Å². The summed E-state index contributed by atoms with van der Waals surface area (Å²) in [6.45, 7) is -0.949. The van der Waals surface area contributed by atoms with Crippen molar-refractivity contribution in [3.8, 4) is 5.69 Å². The Kier molecular flexibility index (Phi) is 8.66. The molecule has 0 aliphatic heterocycles. The van der Waals surface area contributed by atoms with Gasteiger partial charge in [0.1, 0.15) is 0 Å². The molecule has 3 rings (SSSR count). The van der Waals surface area contributed by atoms with E-state index >= 15 is 0 Å². The van der Waals surface area contributed by atoms with Gasteiger partial charge in [-0.2, -0.15) is 21.9 Å². The lowest BCUT2D eigenvalue weighted by Crippen LogP contribution is -2.34. The number of azo groups is 1. The van der Waals surface area contributed by atoms with Crippen molar-refractivity contribution in [1.29, 1.82) is 0 Å². The molecule has 0 spiro atoms. The van der Waals surface area contributed by atoms with Gasteiger partial charge in [-0.25, -0.2) is 26.8 Å². The Labute approximate surface area is 224 Å². The van der Waals surface area contributed by atoms with Gasteiger partial charge in [-0.15, -0.1) is 5.11 Å². The average molecular weight is 620 g/mol. The van der Waals surface area contributed by atoms with Crippen molar-refractivity contribution in [1.82, 2.24) is 14.5 Å². The molecule has 0 atom stereocenters. The Morgan fingerprint density at radius 1 is 0.925 bits per heavy atom. The van der Waals surface area contributed by atoms with E-state index in [1.165, 1.54) is 12.1 Å². The zero-order valence-corrected chi connectivity index (χ0v) is 22.0. The maximum atomic E-state index is 12.8. The number of aromatic nitrogens is 2. The number of H-pyrrole nitrogens is 1. The molecule has 18 nitrogen and oxygen atoms in total. The number of nitrogens with zero attached hydrogens (tertiary/aromatic N) is 3. The van der Waals surface area contributed by atoms with Gasteiger partial charge < -0.3 is 5.11 Å². The fourth-order valence-corrected chi connectivity index (χ4v) is 4.59. The number of amides is 1. The highest BCUT2D eigenvalue weighted by molar-refractivity contribution is 7.90. The van der Waals surface area contributed by atoms with Crippen LogP contribution in [0.2, 0.25) is 0 Å². The minimum atomic E-state index is -4.87. The fourth-order valence-electron chi connectivity index (χ4n) is 2.91. The Morgan fingerprint density at radius 2 is 1.52 bits per heavy atom. The van der Waals surface area contributed by atoms with Crippen LogP contribution in [0.1, 0.15) is 20.8 Å². The lowest BCUT2D eigenvalue weighted by molar-refractivity contribution is 0.0690. The van der Waals surface area contributed by atoms with E-state index in [0.717, 1.165) is 41.1 Å². The summed E-state index contributed by atoms with van der Waals surface area (Å²) in [6.07, 6.45) is 0. The summed E-state index contributed by atoms with van der Waals surface area (Å²) >= 11 is 0. The van der Waals surface area contributed by atoms with Crippen molar-refractivity contribution in [2.24, 2.45) is 10.2 Å². The summed E-state index contributed by atoms with van der Waals surface area (Å²) in [7, 11) is -13.7. The maximum absolute atomic E-state index is 12.8. The molecule has 0 aliphatic rings. The quantitative estimate of drug-likeness (QED) is 0.144. The zero-order chi connectivity index (χ0) is 29.9. The summed E-state index contributed by atoms with van der Waals surface area (Å²) in [4.78, 5) is 36.1. The highest BCUT2D eigenvalue weighted by Crippen LogP contribution is 2.21. The lowest BCUT2D eigenvalue weighted by Gasteiger charge is -2.06. The van der Waals surface area contributed by atoms with Crippen LogP contribution in [0, 0.1) is 0 Å². The number of hydrogen-bond acceptors (Lipinski definition) is 12. The van der Waals surface area contributed by atoms with Crippen LogP contribution < -0.4 is 10.3 Å². The number of aromatic carboxylic acids is 1. The largest absolute Gasteiger partial charge is 0.476 e. The molecule has 214 valence electrons. The SMILES string of the molecule is O=C(NS(=O)(=O)CCOS(=O)(=O)O)c1ccc(N=Nc2c(C(=O)O)[nH]n(-c3ccc(S(=O)(=O)O)cc3)c2=O)cc1. The average Bonchev–Trinajstić information content (AvgIpc) is 3.17. The van der Waals surface area contributed by atoms with Gasteiger partial charge in [-0.05, 0) is 48.5 Å². The normalized spacial score (nSPS) is 12.4. The van der Waals surface area contributed by atoms with Gasteiger partial charge >= 0.3 is 16.4 Å². The van der Waals surface area contributed by atoms with Gasteiger partial charge in [0.05, 0.1) is 28.6 Å². The molecule has 0 aliphatic carbocycles. The number of benzene rings is 2. The molecule has 0 fully saturated rings. The third kappa shape index (κ3) is 7.87. The van der Waals surface area contributed by atoms with Gasteiger partial charge in [-0.3, -0.25) is 23.8 Å². The van der Waals surface area contributed by atoms with E-state index < -0.39 is 76.6 Å². The summed E-state index contributed by atoms with van der Waals surface area (Å²) in [6, 6.07) is 8.83. The molecule has 0 saturated carbocycles. The summed E-state index contributed by atoms with van der Waals surface area (Å²) in [5.41, 5.74) is -2.42. The first-order valence-electron chi connectivity index (χ1n) is 10.3. The van der Waals surface area contributed by atoms with Crippen molar-refractivity contribution in [2.45, 2.75) is 4.90 Å². The van der Waals surface area contributed by atoms with Crippen LogP contribution in [0.4, 0.5) is 11.4 Å². The molecule has 21 heteroatoms. The molecule has 1 amide bonds. The topological polar surface area (TPSA) is 281 Å². The Hall–Kier alpha value is -4.28. The number of aromatic amines is 1. The molecule has 3 aromatic rings. The summed E-state index contributed by atoms with van der Waals surface area (Å²) < 4.78 is 90.9. The van der Waals surface area contributed by atoms with E-state index in [4.69, 9.17) is 9.11 Å². The second-order valence-corrected chi connectivity index (χ2v) is 11.9. The molecule has 0 saturated heterocycles. The van der Waals surface area contributed by atoms with Crippen LogP contribution in [0.15, 0.2) is 68.4 Å². The monoisotopic (exact) mass is 619 g/mol. The Morgan fingerprint density at radius 3 is 2.05 bits per heavy atom. The van der Waals surface area contributed by atoms with Gasteiger partial charge in [0.2, 0.25) is 10.0 Å². The van der Waals surface area contributed by atoms with Crippen LogP contribution in [0.3, 0.4) is 0 Å². The number of carbonyl (C=O) groups excluding carboxylic acids is 1. The van der Waals surface area contributed by atoms with Crippen LogP contribution in [0.25, 0.3) is 5.69 Å². The standard InChI is InChI=1S/C19H17N5O13S3/c25-17(23-38(29,30)10-9-37-40(34,35)36)11-1-3-12(4-2-11)20-21-15-16(19(27)28)22-24(18(15)26)13-5-7-14(8-6-13)39(31,32)33/h1-8,22H,9-10H2,(H,23,25)(H,27,28)(H,31,32,33)(H,34,35,36). The van der Waals surface area contributed by atoms with Crippen LogP contribution in [0.5, 0.6) is 0 Å². The third-order valence-corrected chi connectivity index (χ3v) is 7.23. The summed E-state index contributed by atoms with van der Waals surface area (Å²) in [5, 5.41) is 19.1. The highest BCUT2D eigenvalue weighted by Gasteiger charge is 2.22. The molecule has 0 unspecified atom stereocenters. The summed E-state index contributed by atoms with van der Waals surface area (Å²) in [5.74, 6) is -3.64. The number of hydrogen-bond donors (Lipinski definition) is 5. The van der Waals surface area contributed by atoms with Crippen molar-refractivity contribution in [2.75, 3.05) is 12.4 Å². The molecule has 1 heterocycles. The molecule has 0 radical (unpaired) electrons. The molecule has 2 aromatic carbocycles. The molecule has 40 heavy (non-hydrogen) atoms. The van der Waals surface area contributed by atoms with E-state index in [1.807, 2.05) is 0 Å². The maximum Gasteiger partial charge on any atom is 0.397 e.